The van der Waals surface area contributed by atoms with E-state index in [1.807, 2.05) is 31.3 Å². The fraction of sp³-hybridized carbons (Fsp3) is 0.294. The van der Waals surface area contributed by atoms with E-state index in [0.29, 0.717) is 5.75 Å². The quantitative estimate of drug-likeness (QED) is 0.788. The molecule has 0 amide bonds. The molecule has 0 aromatic heterocycles. The van der Waals surface area contributed by atoms with Gasteiger partial charge in [-0.05, 0) is 44.3 Å². The summed E-state index contributed by atoms with van der Waals surface area (Å²) in [5.41, 5.74) is 2.13. The van der Waals surface area contributed by atoms with Gasteiger partial charge < -0.3 is 20.1 Å². The van der Waals surface area contributed by atoms with Crippen molar-refractivity contribution in [2.24, 2.45) is 0 Å². The molecule has 2 aromatic rings. The zero-order valence-corrected chi connectivity index (χ0v) is 14.7. The Morgan fingerprint density at radius 2 is 2.00 bits per heavy atom. The summed E-state index contributed by atoms with van der Waals surface area (Å²) in [6.45, 7) is 1.79. The minimum Gasteiger partial charge on any atom is -0.504 e. The first-order valence-electron chi connectivity index (χ1n) is 7.44. The zero-order chi connectivity index (χ0) is 16.4. The molecule has 0 saturated carbocycles. The van der Waals surface area contributed by atoms with Gasteiger partial charge in [-0.25, -0.2) is 0 Å². The van der Waals surface area contributed by atoms with Gasteiger partial charge in [-0.15, -0.1) is 0 Å². The molecule has 1 aliphatic rings. The van der Waals surface area contributed by atoms with Crippen molar-refractivity contribution in [1.29, 1.82) is 0 Å². The number of hydrogen-bond acceptors (Lipinski definition) is 5. The summed E-state index contributed by atoms with van der Waals surface area (Å²) >= 11 is 7.84. The van der Waals surface area contributed by atoms with E-state index in [0.717, 1.165) is 45.7 Å². The molecule has 6 heteroatoms. The smallest absolute Gasteiger partial charge is 0.162 e. The van der Waals surface area contributed by atoms with Crippen molar-refractivity contribution in [3.8, 4) is 11.5 Å². The van der Waals surface area contributed by atoms with Crippen LogP contribution in [0.15, 0.2) is 40.1 Å². The molecule has 0 aliphatic carbocycles. The predicted molar refractivity (Wildman–Crippen MR) is 95.8 cm³/mol. The van der Waals surface area contributed by atoms with E-state index >= 15 is 0 Å². The van der Waals surface area contributed by atoms with E-state index < -0.39 is 0 Å². The number of phenolic OH excluding ortho intramolecular Hbond substituents is 1. The molecule has 2 aromatic carbocycles. The lowest BCUT2D eigenvalue weighted by molar-refractivity contribution is 0.372. The summed E-state index contributed by atoms with van der Waals surface area (Å²) in [5.74, 6) is 0.639. The van der Waals surface area contributed by atoms with Gasteiger partial charge in [0.25, 0.3) is 0 Å². The number of phenols is 1. The summed E-state index contributed by atoms with van der Waals surface area (Å²) in [5, 5.41) is 14.0. The Morgan fingerprint density at radius 3 is 2.74 bits per heavy atom. The Kier molecular flexibility index (Phi) is 4.90. The standard InChI is InChI=1S/C17H19ClN2O2S/c1-19-6-3-7-20-12-8-11(18)4-5-16(12)23-17-10-14(21)15(22-2)9-13(17)20/h4-5,8-10,19,21H,3,6-7H2,1-2H3. The first-order chi connectivity index (χ1) is 11.1. The molecule has 2 N–H and O–H groups in total. The van der Waals surface area contributed by atoms with Gasteiger partial charge in [0.15, 0.2) is 11.5 Å². The normalized spacial score (nSPS) is 12.7. The third-order valence-electron chi connectivity index (χ3n) is 3.79. The van der Waals surface area contributed by atoms with E-state index in [1.165, 1.54) is 0 Å². The molecule has 0 unspecified atom stereocenters. The van der Waals surface area contributed by atoms with Crippen LogP contribution < -0.4 is 15.0 Å². The number of benzene rings is 2. The Bertz CT molecular complexity index is 724. The average Bonchev–Trinajstić information content (AvgIpc) is 2.54. The summed E-state index contributed by atoms with van der Waals surface area (Å²) in [4.78, 5) is 4.39. The van der Waals surface area contributed by atoms with E-state index in [4.69, 9.17) is 16.3 Å². The molecular weight excluding hydrogens is 332 g/mol. The Morgan fingerprint density at radius 1 is 1.22 bits per heavy atom. The van der Waals surface area contributed by atoms with Crippen molar-refractivity contribution in [2.45, 2.75) is 16.2 Å². The van der Waals surface area contributed by atoms with Gasteiger partial charge in [0.2, 0.25) is 0 Å². The molecule has 0 radical (unpaired) electrons. The second kappa shape index (κ2) is 6.91. The molecule has 0 bridgehead atoms. The maximum atomic E-state index is 10.1. The number of nitrogens with one attached hydrogen (secondary N) is 1. The maximum absolute atomic E-state index is 10.1. The van der Waals surface area contributed by atoms with Gasteiger partial charge in [-0.2, -0.15) is 0 Å². The SMILES string of the molecule is CNCCCN1c2cc(Cl)ccc2Sc2cc(O)c(OC)cc21. The second-order valence-electron chi connectivity index (χ2n) is 5.31. The predicted octanol–water partition coefficient (Wildman–Crippen LogP) is 4.27. The third-order valence-corrected chi connectivity index (χ3v) is 5.14. The number of aromatic hydroxyl groups is 1. The van der Waals surface area contributed by atoms with E-state index in [-0.39, 0.29) is 5.75 Å². The third kappa shape index (κ3) is 3.22. The molecule has 0 atom stereocenters. The fourth-order valence-corrected chi connectivity index (χ4v) is 3.94. The zero-order valence-electron chi connectivity index (χ0n) is 13.1. The lowest BCUT2D eigenvalue weighted by Crippen LogP contribution is -2.24. The maximum Gasteiger partial charge on any atom is 0.162 e. The highest BCUT2D eigenvalue weighted by Gasteiger charge is 2.25. The van der Waals surface area contributed by atoms with Crippen molar-refractivity contribution in [2.75, 3.05) is 32.1 Å². The molecule has 1 heterocycles. The van der Waals surface area contributed by atoms with Crippen LogP contribution in [0.3, 0.4) is 0 Å². The van der Waals surface area contributed by atoms with Crippen LogP contribution in [0.4, 0.5) is 11.4 Å². The molecular formula is C17H19ClN2O2S. The topological polar surface area (TPSA) is 44.7 Å². The van der Waals surface area contributed by atoms with Gasteiger partial charge in [0.05, 0.1) is 18.5 Å². The fourth-order valence-electron chi connectivity index (χ4n) is 2.69. The molecule has 3 rings (SSSR count). The minimum atomic E-state index is 0.159. The van der Waals surface area contributed by atoms with Crippen LogP contribution in [0, 0.1) is 0 Å². The molecule has 0 fully saturated rings. The molecule has 4 nitrogen and oxygen atoms in total. The van der Waals surface area contributed by atoms with Crippen LogP contribution in [0.1, 0.15) is 6.42 Å². The van der Waals surface area contributed by atoms with Gasteiger partial charge in [-0.1, -0.05) is 23.4 Å². The Balaban J connectivity index is 2.06. The molecule has 122 valence electrons. The molecule has 0 spiro atoms. The lowest BCUT2D eigenvalue weighted by atomic mass is 10.2. The largest absolute Gasteiger partial charge is 0.504 e. The van der Waals surface area contributed by atoms with Gasteiger partial charge in [0.1, 0.15) is 0 Å². The van der Waals surface area contributed by atoms with E-state index in [1.54, 1.807) is 24.9 Å². The van der Waals surface area contributed by atoms with Crippen LogP contribution in [0.2, 0.25) is 5.02 Å². The molecule has 23 heavy (non-hydrogen) atoms. The highest BCUT2D eigenvalue weighted by Crippen LogP contribution is 2.51. The van der Waals surface area contributed by atoms with Gasteiger partial charge in [-0.3, -0.25) is 0 Å². The van der Waals surface area contributed by atoms with E-state index in [9.17, 15) is 5.11 Å². The average molecular weight is 351 g/mol. The summed E-state index contributed by atoms with van der Waals surface area (Å²) in [6.07, 6.45) is 0.996. The highest BCUT2D eigenvalue weighted by atomic mass is 35.5. The van der Waals surface area contributed by atoms with Crippen molar-refractivity contribution in [1.82, 2.24) is 5.32 Å². The van der Waals surface area contributed by atoms with Crippen LogP contribution >= 0.6 is 23.4 Å². The minimum absolute atomic E-state index is 0.159. The second-order valence-corrected chi connectivity index (χ2v) is 6.83. The van der Waals surface area contributed by atoms with Crippen molar-refractivity contribution in [3.63, 3.8) is 0 Å². The van der Waals surface area contributed by atoms with Crippen molar-refractivity contribution in [3.05, 3.63) is 35.4 Å². The number of ether oxygens (including phenoxy) is 1. The van der Waals surface area contributed by atoms with Crippen LogP contribution in [-0.2, 0) is 0 Å². The Labute approximate surface area is 145 Å². The monoisotopic (exact) mass is 350 g/mol. The lowest BCUT2D eigenvalue weighted by Gasteiger charge is -2.33. The van der Waals surface area contributed by atoms with Gasteiger partial charge in [0, 0.05) is 27.4 Å². The first kappa shape index (κ1) is 16.3. The highest BCUT2D eigenvalue weighted by molar-refractivity contribution is 7.99. The molecule has 1 aliphatic heterocycles. The summed E-state index contributed by atoms with van der Waals surface area (Å²) < 4.78 is 5.27. The number of methoxy groups -OCH3 is 1. The first-order valence-corrected chi connectivity index (χ1v) is 8.64. The Hall–Kier alpha value is -1.56. The van der Waals surface area contributed by atoms with Crippen LogP contribution in [0.5, 0.6) is 11.5 Å². The summed E-state index contributed by atoms with van der Waals surface area (Å²) in [6, 6.07) is 9.57. The number of rotatable bonds is 5. The van der Waals surface area contributed by atoms with Crippen molar-refractivity contribution >= 4 is 34.7 Å². The number of hydrogen-bond donors (Lipinski definition) is 2. The number of halogens is 1. The van der Waals surface area contributed by atoms with Crippen molar-refractivity contribution < 1.29 is 9.84 Å². The van der Waals surface area contributed by atoms with Crippen LogP contribution in [-0.4, -0.2) is 32.4 Å². The number of nitrogens with zero attached hydrogens (tertiary/aromatic N) is 1. The summed E-state index contributed by atoms with van der Waals surface area (Å²) in [7, 11) is 3.51. The van der Waals surface area contributed by atoms with Gasteiger partial charge >= 0.3 is 0 Å². The van der Waals surface area contributed by atoms with E-state index in [2.05, 4.69) is 10.2 Å². The number of fused-ring (bicyclic) bond motifs is 2. The molecule has 0 saturated heterocycles. The van der Waals surface area contributed by atoms with Crippen LogP contribution in [0.25, 0.3) is 0 Å². The number of anilines is 2.